The number of carbonyl (C=O) groups is 1. The van der Waals surface area contributed by atoms with Gasteiger partial charge >= 0.3 is 0 Å². The molecule has 0 saturated carbocycles. The van der Waals surface area contributed by atoms with Crippen molar-refractivity contribution in [1.82, 2.24) is 29.6 Å². The second-order valence-corrected chi connectivity index (χ2v) is 8.73. The topological polar surface area (TPSA) is 89.3 Å². The first-order valence-electron chi connectivity index (χ1n) is 11.0. The van der Waals surface area contributed by atoms with Crippen molar-refractivity contribution in [2.75, 3.05) is 38.7 Å². The molecule has 3 aliphatic heterocycles. The monoisotopic (exact) mass is 411 g/mol. The first-order chi connectivity index (χ1) is 14.6. The van der Waals surface area contributed by atoms with Gasteiger partial charge in [-0.25, -0.2) is 9.97 Å². The largest absolute Gasteiger partial charge is 0.368 e. The van der Waals surface area contributed by atoms with Crippen LogP contribution in [0.15, 0.2) is 6.20 Å². The summed E-state index contributed by atoms with van der Waals surface area (Å²) in [5, 5.41) is 8.54. The van der Waals surface area contributed by atoms with Gasteiger partial charge in [0.05, 0.1) is 12.3 Å². The minimum absolute atomic E-state index is 0.0156. The third-order valence-corrected chi connectivity index (χ3v) is 6.59. The van der Waals surface area contributed by atoms with Crippen molar-refractivity contribution in [2.24, 2.45) is 0 Å². The summed E-state index contributed by atoms with van der Waals surface area (Å²) in [6.07, 6.45) is 8.51. The SMILES string of the molecule is CN(C)c1ncc2c(n1)C1(CCN(C(=O)c3nnc4n3CCCCC4)CC1)OCC2. The van der Waals surface area contributed by atoms with Crippen LogP contribution in [-0.4, -0.2) is 69.3 Å². The Bertz CT molecular complexity index is 947. The van der Waals surface area contributed by atoms with E-state index >= 15 is 0 Å². The number of ether oxygens (including phenoxy) is 1. The van der Waals surface area contributed by atoms with Crippen molar-refractivity contribution in [1.29, 1.82) is 0 Å². The lowest BCUT2D eigenvalue weighted by Gasteiger charge is -2.44. The number of likely N-dealkylation sites (tertiary alicyclic amines) is 1. The van der Waals surface area contributed by atoms with E-state index < -0.39 is 5.60 Å². The quantitative estimate of drug-likeness (QED) is 0.741. The van der Waals surface area contributed by atoms with Crippen LogP contribution < -0.4 is 4.90 Å². The second-order valence-electron chi connectivity index (χ2n) is 8.73. The molecule has 0 aromatic carbocycles. The van der Waals surface area contributed by atoms with Gasteiger partial charge in [0, 0.05) is 46.3 Å². The van der Waals surface area contributed by atoms with Crippen molar-refractivity contribution in [3.05, 3.63) is 29.1 Å². The number of nitrogens with zero attached hydrogens (tertiary/aromatic N) is 7. The molecule has 5 heterocycles. The minimum atomic E-state index is -0.431. The van der Waals surface area contributed by atoms with Crippen LogP contribution in [0.4, 0.5) is 5.95 Å². The van der Waals surface area contributed by atoms with Gasteiger partial charge in [-0.1, -0.05) is 6.42 Å². The van der Waals surface area contributed by atoms with Crippen LogP contribution in [0.3, 0.4) is 0 Å². The van der Waals surface area contributed by atoms with E-state index in [9.17, 15) is 4.79 Å². The van der Waals surface area contributed by atoms with Crippen LogP contribution >= 0.6 is 0 Å². The van der Waals surface area contributed by atoms with Gasteiger partial charge in [0.25, 0.3) is 5.91 Å². The van der Waals surface area contributed by atoms with E-state index in [1.807, 2.05) is 34.7 Å². The minimum Gasteiger partial charge on any atom is -0.368 e. The van der Waals surface area contributed by atoms with Crippen molar-refractivity contribution in [3.63, 3.8) is 0 Å². The number of hydrogen-bond donors (Lipinski definition) is 0. The molecule has 160 valence electrons. The van der Waals surface area contributed by atoms with Crippen molar-refractivity contribution >= 4 is 11.9 Å². The Morgan fingerprint density at radius 3 is 2.73 bits per heavy atom. The lowest BCUT2D eigenvalue weighted by atomic mass is 9.83. The van der Waals surface area contributed by atoms with Crippen molar-refractivity contribution < 1.29 is 9.53 Å². The maximum atomic E-state index is 13.2. The number of rotatable bonds is 2. The second kappa shape index (κ2) is 7.61. The number of aromatic nitrogens is 5. The highest BCUT2D eigenvalue weighted by Gasteiger charge is 2.44. The van der Waals surface area contributed by atoms with E-state index in [2.05, 4.69) is 15.2 Å². The van der Waals surface area contributed by atoms with Crippen LogP contribution in [0.2, 0.25) is 0 Å². The molecule has 2 aromatic heterocycles. The van der Waals surface area contributed by atoms with Crippen molar-refractivity contribution in [2.45, 2.75) is 57.1 Å². The van der Waals surface area contributed by atoms with Gasteiger partial charge in [0.15, 0.2) is 0 Å². The average Bonchev–Trinajstić information content (AvgIpc) is 3.02. The molecular formula is C21H29N7O2. The molecule has 0 radical (unpaired) electrons. The highest BCUT2D eigenvalue weighted by Crippen LogP contribution is 2.41. The molecule has 1 saturated heterocycles. The zero-order valence-corrected chi connectivity index (χ0v) is 17.8. The van der Waals surface area contributed by atoms with E-state index in [0.717, 1.165) is 62.2 Å². The number of amides is 1. The standard InChI is InChI=1S/C21H29N7O2/c1-26(2)20-22-14-15-7-13-30-21(17(15)23-20)8-11-27(12-9-21)19(29)18-25-24-16-6-4-3-5-10-28(16)18/h14H,3-13H2,1-2H3. The summed E-state index contributed by atoms with van der Waals surface area (Å²) in [6.45, 7) is 2.76. The summed E-state index contributed by atoms with van der Waals surface area (Å²) >= 11 is 0. The molecule has 0 atom stereocenters. The zero-order chi connectivity index (χ0) is 20.7. The highest BCUT2D eigenvalue weighted by atomic mass is 16.5. The molecule has 0 unspecified atom stereocenters. The van der Waals surface area contributed by atoms with E-state index in [4.69, 9.17) is 9.72 Å². The zero-order valence-electron chi connectivity index (χ0n) is 17.8. The maximum absolute atomic E-state index is 13.2. The van der Waals surface area contributed by atoms with Crippen LogP contribution in [0.1, 0.15) is 59.8 Å². The number of hydrogen-bond acceptors (Lipinski definition) is 7. The number of carbonyl (C=O) groups excluding carboxylic acids is 1. The Labute approximate surface area is 176 Å². The average molecular weight is 412 g/mol. The number of piperidine rings is 1. The van der Waals surface area contributed by atoms with E-state index in [1.165, 1.54) is 6.42 Å². The van der Waals surface area contributed by atoms with Gasteiger partial charge < -0.3 is 19.1 Å². The Kier molecular flexibility index (Phi) is 4.92. The highest BCUT2D eigenvalue weighted by molar-refractivity contribution is 5.90. The maximum Gasteiger partial charge on any atom is 0.291 e. The van der Waals surface area contributed by atoms with Gasteiger partial charge in [-0.05, 0) is 37.7 Å². The molecular weight excluding hydrogens is 382 g/mol. The summed E-state index contributed by atoms with van der Waals surface area (Å²) in [5.41, 5.74) is 1.73. The predicted molar refractivity (Wildman–Crippen MR) is 110 cm³/mol. The number of fused-ring (bicyclic) bond motifs is 3. The Morgan fingerprint density at radius 1 is 1.10 bits per heavy atom. The van der Waals surface area contributed by atoms with Crippen LogP contribution in [0, 0.1) is 0 Å². The first kappa shape index (κ1) is 19.4. The van der Waals surface area contributed by atoms with Crippen LogP contribution in [0.5, 0.6) is 0 Å². The predicted octanol–water partition coefficient (Wildman–Crippen LogP) is 1.56. The molecule has 0 aliphatic carbocycles. The summed E-state index contributed by atoms with van der Waals surface area (Å²) < 4.78 is 8.34. The van der Waals surface area contributed by atoms with E-state index in [1.54, 1.807) is 0 Å². The van der Waals surface area contributed by atoms with E-state index in [-0.39, 0.29) is 5.91 Å². The Hall–Kier alpha value is -2.55. The van der Waals surface area contributed by atoms with Crippen molar-refractivity contribution in [3.8, 4) is 0 Å². The third-order valence-electron chi connectivity index (χ3n) is 6.59. The molecule has 1 amide bonds. The molecule has 2 aromatic rings. The molecule has 0 bridgehead atoms. The van der Waals surface area contributed by atoms with Gasteiger partial charge in [0.2, 0.25) is 11.8 Å². The molecule has 5 rings (SSSR count). The number of aryl methyl sites for hydroxylation is 1. The smallest absolute Gasteiger partial charge is 0.291 e. The van der Waals surface area contributed by atoms with Gasteiger partial charge in [0.1, 0.15) is 11.4 Å². The molecule has 1 fully saturated rings. The molecule has 3 aliphatic rings. The molecule has 0 N–H and O–H groups in total. The molecule has 1 spiro atoms. The van der Waals surface area contributed by atoms with Crippen LogP contribution in [-0.2, 0) is 29.7 Å². The van der Waals surface area contributed by atoms with Crippen LogP contribution in [0.25, 0.3) is 0 Å². The third kappa shape index (κ3) is 3.25. The summed E-state index contributed by atoms with van der Waals surface area (Å²) in [7, 11) is 3.89. The van der Waals surface area contributed by atoms with Gasteiger partial charge in [-0.3, -0.25) is 4.79 Å². The Balaban J connectivity index is 1.36. The van der Waals surface area contributed by atoms with E-state index in [0.29, 0.717) is 31.5 Å². The summed E-state index contributed by atoms with van der Waals surface area (Å²) in [4.78, 5) is 26.4. The van der Waals surface area contributed by atoms with Gasteiger partial charge in [-0.2, -0.15) is 0 Å². The summed E-state index contributed by atoms with van der Waals surface area (Å²) in [6, 6.07) is 0. The fourth-order valence-corrected chi connectivity index (χ4v) is 4.85. The summed E-state index contributed by atoms with van der Waals surface area (Å²) in [5.74, 6) is 2.12. The first-order valence-corrected chi connectivity index (χ1v) is 11.0. The fraction of sp³-hybridized carbons (Fsp3) is 0.667. The Morgan fingerprint density at radius 2 is 1.93 bits per heavy atom. The lowest BCUT2D eigenvalue weighted by molar-refractivity contribution is -0.0968. The number of anilines is 1. The molecule has 30 heavy (non-hydrogen) atoms. The fourth-order valence-electron chi connectivity index (χ4n) is 4.85. The normalized spacial score (nSPS) is 20.4. The van der Waals surface area contributed by atoms with Gasteiger partial charge in [-0.15, -0.1) is 10.2 Å². The molecule has 9 nitrogen and oxygen atoms in total. The molecule has 9 heteroatoms. The lowest BCUT2D eigenvalue weighted by Crippen LogP contribution is -2.49.